The monoisotopic (exact) mass is 219 g/mol. The summed E-state index contributed by atoms with van der Waals surface area (Å²) in [4.78, 5) is 1.29. The minimum Gasteiger partial charge on any atom is -0.313 e. The van der Waals surface area contributed by atoms with Gasteiger partial charge in [0.05, 0.1) is 0 Å². The van der Waals surface area contributed by atoms with E-state index in [0.717, 1.165) is 12.2 Å². The number of hydrogen-bond acceptors (Lipinski definition) is 2. The molecule has 1 aromatic carbocycles. The lowest BCUT2D eigenvalue weighted by molar-refractivity contribution is 0.652. The van der Waals surface area contributed by atoms with Gasteiger partial charge in [0.2, 0.25) is 0 Å². The molecule has 0 aliphatic rings. The van der Waals surface area contributed by atoms with Crippen LogP contribution in [0.4, 0.5) is 0 Å². The maximum atomic E-state index is 5.20. The van der Waals surface area contributed by atoms with Crippen molar-refractivity contribution < 1.29 is 0 Å². The third-order valence-electron chi connectivity index (χ3n) is 2.33. The summed E-state index contributed by atoms with van der Waals surface area (Å²) < 4.78 is 0. The zero-order valence-corrected chi connectivity index (χ0v) is 10.1. The average molecular weight is 219 g/mol. The standard InChI is InChI=1S/C13H17NS/c1-4-5-10-15-13-8-6-12(7-9-13)11(2)14-3/h1,6-9,11,14H,5,10H2,2-3H3. The van der Waals surface area contributed by atoms with Gasteiger partial charge in [-0.05, 0) is 31.7 Å². The fourth-order valence-electron chi connectivity index (χ4n) is 1.25. The van der Waals surface area contributed by atoms with E-state index in [4.69, 9.17) is 6.42 Å². The van der Waals surface area contributed by atoms with Crippen LogP contribution in [-0.2, 0) is 0 Å². The Balaban J connectivity index is 2.53. The number of nitrogens with one attached hydrogen (secondary N) is 1. The van der Waals surface area contributed by atoms with E-state index in [2.05, 4.69) is 42.4 Å². The van der Waals surface area contributed by atoms with Crippen LogP contribution in [0.1, 0.15) is 24.9 Å². The van der Waals surface area contributed by atoms with Gasteiger partial charge in [0, 0.05) is 23.1 Å². The van der Waals surface area contributed by atoms with Crippen molar-refractivity contribution in [2.24, 2.45) is 0 Å². The largest absolute Gasteiger partial charge is 0.313 e. The molecule has 80 valence electrons. The van der Waals surface area contributed by atoms with E-state index in [1.165, 1.54) is 10.5 Å². The maximum absolute atomic E-state index is 5.20. The Bertz CT molecular complexity index is 323. The smallest absolute Gasteiger partial charge is 0.0289 e. The molecule has 0 aromatic heterocycles. The summed E-state index contributed by atoms with van der Waals surface area (Å²) in [5.41, 5.74) is 1.32. The van der Waals surface area contributed by atoms with Crippen molar-refractivity contribution in [3.05, 3.63) is 29.8 Å². The molecule has 1 nitrogen and oxygen atoms in total. The Morgan fingerprint density at radius 2 is 2.07 bits per heavy atom. The molecule has 0 spiro atoms. The van der Waals surface area contributed by atoms with Gasteiger partial charge in [0.1, 0.15) is 0 Å². The highest BCUT2D eigenvalue weighted by Gasteiger charge is 2.01. The summed E-state index contributed by atoms with van der Waals surface area (Å²) in [6, 6.07) is 9.06. The first-order valence-electron chi connectivity index (χ1n) is 5.11. The van der Waals surface area contributed by atoms with E-state index in [1.807, 2.05) is 18.8 Å². The summed E-state index contributed by atoms with van der Waals surface area (Å²) in [5, 5.41) is 3.22. The van der Waals surface area contributed by atoms with Gasteiger partial charge in [-0.3, -0.25) is 0 Å². The van der Waals surface area contributed by atoms with Crippen molar-refractivity contribution in [2.75, 3.05) is 12.8 Å². The molecule has 1 N–H and O–H groups in total. The van der Waals surface area contributed by atoms with E-state index in [-0.39, 0.29) is 0 Å². The highest BCUT2D eigenvalue weighted by Crippen LogP contribution is 2.21. The van der Waals surface area contributed by atoms with Crippen molar-refractivity contribution in [1.29, 1.82) is 0 Å². The Morgan fingerprint density at radius 1 is 1.40 bits per heavy atom. The summed E-state index contributed by atoms with van der Waals surface area (Å²) in [6.45, 7) is 2.15. The van der Waals surface area contributed by atoms with Gasteiger partial charge >= 0.3 is 0 Å². The first-order valence-corrected chi connectivity index (χ1v) is 6.10. The third kappa shape index (κ3) is 3.99. The first kappa shape index (κ1) is 12.2. The fraction of sp³-hybridized carbons (Fsp3) is 0.385. The molecule has 0 radical (unpaired) electrons. The van der Waals surface area contributed by atoms with Crippen molar-refractivity contribution >= 4 is 11.8 Å². The zero-order valence-electron chi connectivity index (χ0n) is 9.29. The highest BCUT2D eigenvalue weighted by molar-refractivity contribution is 7.99. The second kappa shape index (κ2) is 6.55. The van der Waals surface area contributed by atoms with Gasteiger partial charge in [-0.25, -0.2) is 0 Å². The van der Waals surface area contributed by atoms with Gasteiger partial charge in [0.25, 0.3) is 0 Å². The third-order valence-corrected chi connectivity index (χ3v) is 3.34. The van der Waals surface area contributed by atoms with E-state index in [9.17, 15) is 0 Å². The van der Waals surface area contributed by atoms with Crippen molar-refractivity contribution in [3.8, 4) is 12.3 Å². The molecular formula is C13H17NS. The van der Waals surface area contributed by atoms with Crippen LogP contribution in [0.2, 0.25) is 0 Å². The van der Waals surface area contributed by atoms with E-state index in [0.29, 0.717) is 6.04 Å². The Morgan fingerprint density at radius 3 is 2.60 bits per heavy atom. The molecule has 1 aromatic rings. The van der Waals surface area contributed by atoms with Gasteiger partial charge in [-0.15, -0.1) is 24.1 Å². The van der Waals surface area contributed by atoms with E-state index >= 15 is 0 Å². The minimum absolute atomic E-state index is 0.412. The molecule has 0 bridgehead atoms. The highest BCUT2D eigenvalue weighted by atomic mass is 32.2. The molecule has 2 heteroatoms. The van der Waals surface area contributed by atoms with Crippen molar-refractivity contribution in [3.63, 3.8) is 0 Å². The fourth-order valence-corrected chi connectivity index (χ4v) is 2.03. The van der Waals surface area contributed by atoms with Crippen LogP contribution in [-0.4, -0.2) is 12.8 Å². The maximum Gasteiger partial charge on any atom is 0.0289 e. The van der Waals surface area contributed by atoms with Crippen molar-refractivity contribution in [2.45, 2.75) is 24.3 Å². The normalized spacial score (nSPS) is 12.1. The zero-order chi connectivity index (χ0) is 11.1. The number of thioether (sulfide) groups is 1. The lowest BCUT2D eigenvalue weighted by Gasteiger charge is -2.10. The van der Waals surface area contributed by atoms with Gasteiger partial charge in [-0.2, -0.15) is 0 Å². The SMILES string of the molecule is C#CCCSc1ccc(C(C)NC)cc1. The summed E-state index contributed by atoms with van der Waals surface area (Å²) >= 11 is 1.81. The molecule has 0 amide bonds. The van der Waals surface area contributed by atoms with Crippen LogP contribution in [0.5, 0.6) is 0 Å². The molecule has 1 rings (SSSR count). The van der Waals surface area contributed by atoms with Gasteiger partial charge < -0.3 is 5.32 Å². The lowest BCUT2D eigenvalue weighted by atomic mass is 10.1. The topological polar surface area (TPSA) is 12.0 Å². The summed E-state index contributed by atoms with van der Waals surface area (Å²) in [6.07, 6.45) is 6.04. The average Bonchev–Trinajstić information content (AvgIpc) is 2.29. The molecule has 1 unspecified atom stereocenters. The second-order valence-corrected chi connectivity index (χ2v) is 4.55. The number of terminal acetylenes is 1. The quantitative estimate of drug-likeness (QED) is 0.464. The Labute approximate surface area is 96.7 Å². The van der Waals surface area contributed by atoms with Crippen LogP contribution < -0.4 is 5.32 Å². The molecule has 0 aliphatic heterocycles. The van der Waals surface area contributed by atoms with Crippen molar-refractivity contribution in [1.82, 2.24) is 5.32 Å². The predicted octanol–water partition coefficient (Wildman–Crippen LogP) is 3.08. The van der Waals surface area contributed by atoms with E-state index in [1.54, 1.807) is 0 Å². The number of rotatable bonds is 5. The lowest BCUT2D eigenvalue weighted by Crippen LogP contribution is -2.11. The first-order chi connectivity index (χ1) is 7.27. The van der Waals surface area contributed by atoms with Gasteiger partial charge in [0.15, 0.2) is 0 Å². The number of benzene rings is 1. The molecule has 1 atom stereocenters. The van der Waals surface area contributed by atoms with Crippen LogP contribution in [0.3, 0.4) is 0 Å². The van der Waals surface area contributed by atoms with Gasteiger partial charge in [-0.1, -0.05) is 12.1 Å². The van der Waals surface area contributed by atoms with Crippen LogP contribution in [0, 0.1) is 12.3 Å². The Hall–Kier alpha value is -0.910. The minimum atomic E-state index is 0.412. The predicted molar refractivity (Wildman–Crippen MR) is 68.1 cm³/mol. The molecule has 0 heterocycles. The van der Waals surface area contributed by atoms with E-state index < -0.39 is 0 Å². The molecular weight excluding hydrogens is 202 g/mol. The second-order valence-electron chi connectivity index (χ2n) is 3.38. The summed E-state index contributed by atoms with van der Waals surface area (Å²) in [7, 11) is 1.97. The van der Waals surface area contributed by atoms with Crippen LogP contribution in [0.25, 0.3) is 0 Å². The summed E-state index contributed by atoms with van der Waals surface area (Å²) in [5.74, 6) is 3.64. The molecule has 0 saturated carbocycles. The van der Waals surface area contributed by atoms with Crippen LogP contribution >= 0.6 is 11.8 Å². The number of hydrogen-bond donors (Lipinski definition) is 1. The molecule has 15 heavy (non-hydrogen) atoms. The molecule has 0 saturated heterocycles. The molecule has 0 fully saturated rings. The Kier molecular flexibility index (Phi) is 5.31. The van der Waals surface area contributed by atoms with Crippen LogP contribution in [0.15, 0.2) is 29.2 Å². The molecule has 0 aliphatic carbocycles.